The molecule has 0 heterocycles. The Bertz CT molecular complexity index is 437. The number of halogens is 1. The lowest BCUT2D eigenvalue weighted by molar-refractivity contribution is -0.143. The summed E-state index contributed by atoms with van der Waals surface area (Å²) in [7, 11) is 1.44. The zero-order valence-electron chi connectivity index (χ0n) is 9.94. The van der Waals surface area contributed by atoms with Crippen molar-refractivity contribution in [3.05, 3.63) is 34.3 Å². The van der Waals surface area contributed by atoms with Crippen molar-refractivity contribution >= 4 is 27.8 Å². The Labute approximate surface area is 114 Å². The largest absolute Gasteiger partial charge is 0.480 e. The van der Waals surface area contributed by atoms with E-state index in [-0.39, 0.29) is 0 Å². The molecule has 0 bridgehead atoms. The van der Waals surface area contributed by atoms with E-state index in [0.29, 0.717) is 13.0 Å². The van der Waals surface area contributed by atoms with Crippen LogP contribution in [-0.4, -0.2) is 36.6 Å². The highest BCUT2D eigenvalue weighted by molar-refractivity contribution is 9.10. The lowest BCUT2D eigenvalue weighted by Crippen LogP contribution is -2.48. The number of hydrogen-bond acceptors (Lipinski definition) is 3. The molecule has 0 aromatic heterocycles. The van der Waals surface area contributed by atoms with Crippen LogP contribution in [0.3, 0.4) is 0 Å². The fraction of sp³-hybridized carbons (Fsp3) is 0.333. The van der Waals surface area contributed by atoms with Gasteiger partial charge in [0.05, 0.1) is 0 Å². The second-order valence-electron chi connectivity index (χ2n) is 3.69. The number of rotatable bonds is 6. The number of likely N-dealkylation sites (N-methyl/N-ethyl adjacent to an activating group) is 1. The smallest absolute Gasteiger partial charge is 0.330 e. The van der Waals surface area contributed by atoms with E-state index in [2.05, 4.69) is 26.6 Å². The Hall–Kier alpha value is -1.40. The Kier molecular flexibility index (Phi) is 5.80. The first-order valence-corrected chi connectivity index (χ1v) is 6.26. The van der Waals surface area contributed by atoms with Crippen molar-refractivity contribution in [1.29, 1.82) is 0 Å². The van der Waals surface area contributed by atoms with Crippen molar-refractivity contribution in [3.8, 4) is 0 Å². The number of aliphatic carboxylic acids is 1. The van der Waals surface area contributed by atoms with Gasteiger partial charge in [0.2, 0.25) is 5.91 Å². The molecule has 0 aliphatic rings. The summed E-state index contributed by atoms with van der Waals surface area (Å²) in [6.07, 6.45) is 0.642. The molecule has 6 heteroatoms. The maximum atomic E-state index is 11.5. The predicted molar refractivity (Wildman–Crippen MR) is 71.3 cm³/mol. The van der Waals surface area contributed by atoms with Crippen LogP contribution in [0.4, 0.5) is 0 Å². The molecule has 0 saturated carbocycles. The first-order valence-electron chi connectivity index (χ1n) is 5.47. The molecule has 1 unspecified atom stereocenters. The highest BCUT2D eigenvalue weighted by atomic mass is 79.9. The van der Waals surface area contributed by atoms with Gasteiger partial charge in [0.1, 0.15) is 0 Å². The van der Waals surface area contributed by atoms with Crippen LogP contribution in [0.5, 0.6) is 0 Å². The summed E-state index contributed by atoms with van der Waals surface area (Å²) >= 11 is 3.41. The highest BCUT2D eigenvalue weighted by Crippen LogP contribution is 2.15. The molecule has 3 N–H and O–H groups in total. The van der Waals surface area contributed by atoms with E-state index >= 15 is 0 Å². The molecule has 0 fully saturated rings. The molecule has 98 valence electrons. The van der Waals surface area contributed by atoms with Gasteiger partial charge in [-0.1, -0.05) is 34.1 Å². The second-order valence-corrected chi connectivity index (χ2v) is 4.55. The van der Waals surface area contributed by atoms with E-state index in [4.69, 9.17) is 5.11 Å². The van der Waals surface area contributed by atoms with Crippen molar-refractivity contribution in [1.82, 2.24) is 10.6 Å². The maximum Gasteiger partial charge on any atom is 0.330 e. The number of carbonyl (C=O) groups excluding carboxylic acids is 1. The number of carbonyl (C=O) groups is 2. The van der Waals surface area contributed by atoms with E-state index in [1.54, 1.807) is 0 Å². The van der Waals surface area contributed by atoms with E-state index in [1.165, 1.54) is 7.05 Å². The topological polar surface area (TPSA) is 78.4 Å². The van der Waals surface area contributed by atoms with Crippen molar-refractivity contribution in [2.75, 3.05) is 13.6 Å². The van der Waals surface area contributed by atoms with Crippen molar-refractivity contribution < 1.29 is 14.7 Å². The highest BCUT2D eigenvalue weighted by Gasteiger charge is 2.23. The van der Waals surface area contributed by atoms with Crippen LogP contribution in [0.2, 0.25) is 0 Å². The van der Waals surface area contributed by atoms with Crippen molar-refractivity contribution in [2.45, 2.75) is 12.5 Å². The summed E-state index contributed by atoms with van der Waals surface area (Å²) in [6, 6.07) is 6.49. The van der Waals surface area contributed by atoms with Gasteiger partial charge in [-0.2, -0.15) is 0 Å². The van der Waals surface area contributed by atoms with Crippen LogP contribution >= 0.6 is 15.9 Å². The SMILES string of the molecule is CNC(C(=O)O)C(=O)NCCc1ccccc1Br. The number of benzene rings is 1. The minimum atomic E-state index is -1.20. The molecule has 18 heavy (non-hydrogen) atoms. The molecule has 0 spiro atoms. The summed E-state index contributed by atoms with van der Waals surface area (Å²) in [5.41, 5.74) is 1.06. The average Bonchev–Trinajstić information content (AvgIpc) is 2.32. The van der Waals surface area contributed by atoms with E-state index in [1.807, 2.05) is 24.3 Å². The van der Waals surface area contributed by atoms with Gasteiger partial charge in [0, 0.05) is 11.0 Å². The lowest BCUT2D eigenvalue weighted by Gasteiger charge is -2.12. The fourth-order valence-corrected chi connectivity index (χ4v) is 1.97. The molecule has 1 atom stereocenters. The third-order valence-electron chi connectivity index (χ3n) is 2.45. The molecular weight excluding hydrogens is 300 g/mol. The Balaban J connectivity index is 2.45. The molecule has 0 radical (unpaired) electrons. The first kappa shape index (κ1) is 14.7. The van der Waals surface area contributed by atoms with Gasteiger partial charge in [-0.25, -0.2) is 4.79 Å². The van der Waals surface area contributed by atoms with Crippen molar-refractivity contribution in [3.63, 3.8) is 0 Å². The first-order chi connectivity index (χ1) is 8.56. The van der Waals surface area contributed by atoms with Crippen LogP contribution < -0.4 is 10.6 Å². The molecule has 0 aliphatic heterocycles. The lowest BCUT2D eigenvalue weighted by atomic mass is 10.1. The van der Waals surface area contributed by atoms with Gasteiger partial charge in [-0.05, 0) is 25.1 Å². The summed E-state index contributed by atoms with van der Waals surface area (Å²) in [5.74, 6) is -1.71. The molecule has 1 amide bonds. The van der Waals surface area contributed by atoms with Gasteiger partial charge in [-0.3, -0.25) is 10.1 Å². The number of hydrogen-bond donors (Lipinski definition) is 3. The van der Waals surface area contributed by atoms with E-state index in [0.717, 1.165) is 10.0 Å². The number of carboxylic acid groups (broad SMARTS) is 1. The van der Waals surface area contributed by atoms with Crippen LogP contribution in [0, 0.1) is 0 Å². The molecule has 5 nitrogen and oxygen atoms in total. The Morgan fingerprint density at radius 3 is 2.61 bits per heavy atom. The standard InChI is InChI=1S/C12H15BrN2O3/c1-14-10(12(17)18)11(16)15-7-6-8-4-2-3-5-9(8)13/h2-5,10,14H,6-7H2,1H3,(H,15,16)(H,17,18). The summed E-state index contributed by atoms with van der Waals surface area (Å²) in [5, 5.41) is 13.8. The minimum absolute atomic E-state index is 0.396. The fourth-order valence-electron chi connectivity index (χ4n) is 1.49. The quantitative estimate of drug-likeness (QED) is 0.678. The molecule has 1 aromatic rings. The molecule has 0 saturated heterocycles. The predicted octanol–water partition coefficient (Wildman–Crippen LogP) is 0.780. The van der Waals surface area contributed by atoms with Crippen LogP contribution in [-0.2, 0) is 16.0 Å². The normalized spacial score (nSPS) is 11.9. The van der Waals surface area contributed by atoms with Gasteiger partial charge in [-0.15, -0.1) is 0 Å². The Morgan fingerprint density at radius 2 is 2.06 bits per heavy atom. The summed E-state index contributed by atoms with van der Waals surface area (Å²) in [6.45, 7) is 0.396. The Morgan fingerprint density at radius 1 is 1.39 bits per heavy atom. The van der Waals surface area contributed by atoms with Gasteiger partial charge < -0.3 is 10.4 Å². The monoisotopic (exact) mass is 314 g/mol. The molecule has 0 aliphatic carbocycles. The van der Waals surface area contributed by atoms with Crippen molar-refractivity contribution in [2.24, 2.45) is 0 Å². The minimum Gasteiger partial charge on any atom is -0.480 e. The zero-order valence-corrected chi connectivity index (χ0v) is 11.5. The molecule has 1 aromatic carbocycles. The number of carboxylic acids is 1. The van der Waals surface area contributed by atoms with Gasteiger partial charge in [0.15, 0.2) is 6.04 Å². The summed E-state index contributed by atoms with van der Waals surface area (Å²) < 4.78 is 0.975. The van der Waals surface area contributed by atoms with E-state index < -0.39 is 17.9 Å². The third-order valence-corrected chi connectivity index (χ3v) is 3.22. The zero-order chi connectivity index (χ0) is 13.5. The van der Waals surface area contributed by atoms with Crippen LogP contribution in [0.15, 0.2) is 28.7 Å². The van der Waals surface area contributed by atoms with Crippen LogP contribution in [0.25, 0.3) is 0 Å². The maximum absolute atomic E-state index is 11.5. The van der Waals surface area contributed by atoms with Crippen LogP contribution in [0.1, 0.15) is 5.56 Å². The number of nitrogens with one attached hydrogen (secondary N) is 2. The van der Waals surface area contributed by atoms with Gasteiger partial charge >= 0.3 is 5.97 Å². The number of amides is 1. The average molecular weight is 315 g/mol. The van der Waals surface area contributed by atoms with Gasteiger partial charge in [0.25, 0.3) is 0 Å². The van der Waals surface area contributed by atoms with E-state index in [9.17, 15) is 9.59 Å². The summed E-state index contributed by atoms with van der Waals surface area (Å²) in [4.78, 5) is 22.3. The second kappa shape index (κ2) is 7.13. The molecule has 1 rings (SSSR count). The third kappa shape index (κ3) is 4.12. The molecular formula is C12H15BrN2O3.